The molecule has 7 nitrogen and oxygen atoms in total. The number of hydrogen-bond donors (Lipinski definition) is 1. The molecule has 1 atom stereocenters. The van der Waals surface area contributed by atoms with Crippen LogP contribution in [0.15, 0.2) is 35.3 Å². The van der Waals surface area contributed by atoms with Crippen molar-refractivity contribution in [3.63, 3.8) is 0 Å². The van der Waals surface area contributed by atoms with E-state index in [1.165, 1.54) is 5.56 Å². The number of nitrogens with one attached hydrogen (secondary N) is 1. The summed E-state index contributed by atoms with van der Waals surface area (Å²) in [4.78, 5) is 23.1. The molecule has 0 saturated carbocycles. The van der Waals surface area contributed by atoms with Gasteiger partial charge in [-0.2, -0.15) is 0 Å². The number of aliphatic imine (C=N–C) groups is 1. The molecule has 0 radical (unpaired) electrons. The standard InChI is InChI=1S/C21H33N5O2/c1-24(2)20(27)16-23-21(22-10-8-18-6-4-3-5-7-18)26-11-9-19(17-26)25-12-14-28-15-13-25/h3-7,19H,8-17H2,1-2H3,(H,22,23). The van der Waals surface area contributed by atoms with Crippen LogP contribution >= 0.6 is 0 Å². The molecule has 1 aromatic rings. The van der Waals surface area contributed by atoms with Gasteiger partial charge in [-0.1, -0.05) is 30.3 Å². The van der Waals surface area contributed by atoms with Crippen LogP contribution in [0.1, 0.15) is 12.0 Å². The average molecular weight is 388 g/mol. The number of benzene rings is 1. The Balaban J connectivity index is 1.58. The van der Waals surface area contributed by atoms with E-state index in [9.17, 15) is 4.79 Å². The predicted octanol–water partition coefficient (Wildman–Crippen LogP) is 0.669. The van der Waals surface area contributed by atoms with Crippen LogP contribution < -0.4 is 5.32 Å². The summed E-state index contributed by atoms with van der Waals surface area (Å²) >= 11 is 0. The number of rotatable bonds is 6. The Morgan fingerprint density at radius 3 is 2.68 bits per heavy atom. The van der Waals surface area contributed by atoms with E-state index in [1.807, 2.05) is 6.07 Å². The fraction of sp³-hybridized carbons (Fsp3) is 0.619. The van der Waals surface area contributed by atoms with Crippen molar-refractivity contribution >= 4 is 11.9 Å². The van der Waals surface area contributed by atoms with Crippen molar-refractivity contribution in [3.05, 3.63) is 35.9 Å². The normalized spacial score (nSPS) is 21.0. The molecular formula is C21H33N5O2. The molecule has 0 bridgehead atoms. The molecule has 2 aliphatic rings. The van der Waals surface area contributed by atoms with Gasteiger partial charge < -0.3 is 19.9 Å². The van der Waals surface area contributed by atoms with Gasteiger partial charge in [0.2, 0.25) is 5.91 Å². The summed E-state index contributed by atoms with van der Waals surface area (Å²) in [7, 11) is 3.54. The molecule has 0 spiro atoms. The second-order valence-electron chi connectivity index (χ2n) is 7.63. The zero-order chi connectivity index (χ0) is 19.8. The van der Waals surface area contributed by atoms with Gasteiger partial charge >= 0.3 is 0 Å². The smallest absolute Gasteiger partial charge is 0.243 e. The van der Waals surface area contributed by atoms with Gasteiger partial charge in [0.15, 0.2) is 5.96 Å². The highest BCUT2D eigenvalue weighted by atomic mass is 16.5. The van der Waals surface area contributed by atoms with Crippen LogP contribution in [0.3, 0.4) is 0 Å². The number of carbonyl (C=O) groups excluding carboxylic acids is 1. The number of guanidine groups is 1. The average Bonchev–Trinajstić information content (AvgIpc) is 3.21. The van der Waals surface area contributed by atoms with Crippen LogP contribution in [0.4, 0.5) is 0 Å². The third kappa shape index (κ3) is 5.94. The van der Waals surface area contributed by atoms with E-state index in [4.69, 9.17) is 4.74 Å². The van der Waals surface area contributed by atoms with Crippen molar-refractivity contribution in [1.82, 2.24) is 20.0 Å². The van der Waals surface area contributed by atoms with Crippen molar-refractivity contribution in [2.45, 2.75) is 18.9 Å². The van der Waals surface area contributed by atoms with Crippen LogP contribution in [-0.2, 0) is 16.0 Å². The van der Waals surface area contributed by atoms with E-state index in [1.54, 1.807) is 19.0 Å². The molecule has 28 heavy (non-hydrogen) atoms. The van der Waals surface area contributed by atoms with Crippen molar-refractivity contribution in [2.75, 3.05) is 66.6 Å². The summed E-state index contributed by atoms with van der Waals surface area (Å²) in [5, 5.41) is 3.49. The fourth-order valence-electron chi connectivity index (χ4n) is 3.69. The summed E-state index contributed by atoms with van der Waals surface area (Å²) in [6.07, 6.45) is 2.06. The first-order valence-electron chi connectivity index (χ1n) is 10.2. The maximum Gasteiger partial charge on any atom is 0.243 e. The minimum Gasteiger partial charge on any atom is -0.379 e. The van der Waals surface area contributed by atoms with E-state index in [0.29, 0.717) is 6.04 Å². The third-order valence-corrected chi connectivity index (χ3v) is 5.43. The lowest BCUT2D eigenvalue weighted by Crippen LogP contribution is -2.47. The lowest BCUT2D eigenvalue weighted by Gasteiger charge is -2.32. The third-order valence-electron chi connectivity index (χ3n) is 5.43. The summed E-state index contributed by atoms with van der Waals surface area (Å²) in [5.74, 6) is 0.869. The van der Waals surface area contributed by atoms with E-state index in [-0.39, 0.29) is 12.5 Å². The van der Waals surface area contributed by atoms with E-state index >= 15 is 0 Å². The first kappa shape index (κ1) is 20.6. The van der Waals surface area contributed by atoms with Crippen LogP contribution in [0.2, 0.25) is 0 Å². The molecule has 0 aromatic heterocycles. The molecule has 154 valence electrons. The van der Waals surface area contributed by atoms with E-state index in [2.05, 4.69) is 44.4 Å². The molecular weight excluding hydrogens is 354 g/mol. The van der Waals surface area contributed by atoms with Crippen LogP contribution in [0.25, 0.3) is 0 Å². The summed E-state index contributed by atoms with van der Waals surface area (Å²) in [5.41, 5.74) is 1.30. The first-order valence-corrected chi connectivity index (χ1v) is 10.2. The number of hydrogen-bond acceptors (Lipinski definition) is 4. The molecule has 1 amide bonds. The van der Waals surface area contributed by atoms with Gasteiger partial charge in [-0.05, 0) is 18.4 Å². The monoisotopic (exact) mass is 387 g/mol. The SMILES string of the molecule is CN(C)C(=O)CN=C(NCCc1ccccc1)N1CCC(N2CCOCC2)C1. The van der Waals surface area contributed by atoms with Crippen LogP contribution in [0, 0.1) is 0 Å². The molecule has 1 unspecified atom stereocenters. The number of amides is 1. The number of carbonyl (C=O) groups is 1. The Kier molecular flexibility index (Phi) is 7.68. The zero-order valence-corrected chi connectivity index (χ0v) is 17.1. The number of likely N-dealkylation sites (N-methyl/N-ethyl adjacent to an activating group) is 1. The van der Waals surface area contributed by atoms with Crippen LogP contribution in [0.5, 0.6) is 0 Å². The summed E-state index contributed by atoms with van der Waals surface area (Å²) < 4.78 is 5.48. The lowest BCUT2D eigenvalue weighted by molar-refractivity contribution is -0.127. The Hall–Kier alpha value is -2.12. The topological polar surface area (TPSA) is 60.4 Å². The molecule has 1 aromatic carbocycles. The maximum atomic E-state index is 12.0. The number of ether oxygens (including phenoxy) is 1. The Morgan fingerprint density at radius 1 is 1.21 bits per heavy atom. The maximum absolute atomic E-state index is 12.0. The highest BCUT2D eigenvalue weighted by Gasteiger charge is 2.30. The molecule has 2 aliphatic heterocycles. The minimum atomic E-state index is 0.0197. The zero-order valence-electron chi connectivity index (χ0n) is 17.1. The summed E-state index contributed by atoms with van der Waals surface area (Å²) in [6, 6.07) is 11.0. The summed E-state index contributed by atoms with van der Waals surface area (Å²) in [6.45, 7) is 6.56. The lowest BCUT2D eigenvalue weighted by atomic mass is 10.1. The predicted molar refractivity (Wildman–Crippen MR) is 112 cm³/mol. The minimum absolute atomic E-state index is 0.0197. The number of nitrogens with zero attached hydrogens (tertiary/aromatic N) is 4. The van der Waals surface area contributed by atoms with Crippen molar-refractivity contribution in [1.29, 1.82) is 0 Å². The van der Waals surface area contributed by atoms with Crippen molar-refractivity contribution in [2.24, 2.45) is 4.99 Å². The molecule has 3 rings (SSSR count). The largest absolute Gasteiger partial charge is 0.379 e. The Morgan fingerprint density at radius 2 is 1.96 bits per heavy atom. The van der Waals surface area contributed by atoms with Gasteiger partial charge in [0.1, 0.15) is 6.54 Å². The molecule has 2 saturated heterocycles. The quantitative estimate of drug-likeness (QED) is 0.574. The van der Waals surface area contributed by atoms with Gasteiger partial charge in [0.25, 0.3) is 0 Å². The first-order chi connectivity index (χ1) is 13.6. The van der Waals surface area contributed by atoms with Gasteiger partial charge in [-0.3, -0.25) is 9.69 Å². The van der Waals surface area contributed by atoms with Crippen LogP contribution in [-0.4, -0.2) is 99.2 Å². The highest BCUT2D eigenvalue weighted by Crippen LogP contribution is 2.17. The fourth-order valence-corrected chi connectivity index (χ4v) is 3.69. The Labute approximate surface area is 168 Å². The van der Waals surface area contributed by atoms with E-state index < -0.39 is 0 Å². The van der Waals surface area contributed by atoms with Crippen molar-refractivity contribution in [3.8, 4) is 0 Å². The van der Waals surface area contributed by atoms with Gasteiger partial charge in [-0.15, -0.1) is 0 Å². The molecule has 0 aliphatic carbocycles. The Bertz CT molecular complexity index is 643. The molecule has 7 heteroatoms. The highest BCUT2D eigenvalue weighted by molar-refractivity contribution is 5.85. The van der Waals surface area contributed by atoms with Gasteiger partial charge in [0, 0.05) is 52.9 Å². The number of likely N-dealkylation sites (tertiary alicyclic amines) is 1. The van der Waals surface area contributed by atoms with Gasteiger partial charge in [0.05, 0.1) is 13.2 Å². The van der Waals surface area contributed by atoms with Gasteiger partial charge in [-0.25, -0.2) is 4.99 Å². The molecule has 2 fully saturated rings. The van der Waals surface area contributed by atoms with E-state index in [0.717, 1.165) is 64.7 Å². The second-order valence-corrected chi connectivity index (χ2v) is 7.63. The molecule has 2 heterocycles. The second kappa shape index (κ2) is 10.4. The van der Waals surface area contributed by atoms with Crippen molar-refractivity contribution < 1.29 is 9.53 Å². The molecule has 1 N–H and O–H groups in total. The number of morpholine rings is 1.